The molecule has 6 heterocycles. The van der Waals surface area contributed by atoms with E-state index >= 15 is 0 Å². The maximum Gasteiger partial charge on any atom is 0.153 e. The van der Waals surface area contributed by atoms with E-state index in [-0.39, 0.29) is 0 Å². The Morgan fingerprint density at radius 1 is 0.343 bits per heavy atom. The summed E-state index contributed by atoms with van der Waals surface area (Å²) in [5.74, 6) is 1.10. The lowest BCUT2D eigenvalue weighted by Gasteiger charge is -2.30. The number of rotatable bonds is 8. The van der Waals surface area contributed by atoms with Crippen LogP contribution in [0.15, 0.2) is 257 Å². The van der Waals surface area contributed by atoms with Crippen molar-refractivity contribution >= 4 is 63.3 Å². The van der Waals surface area contributed by atoms with Gasteiger partial charge in [0.05, 0.1) is 22.7 Å². The van der Waals surface area contributed by atoms with Crippen molar-refractivity contribution in [3.8, 4) is 33.4 Å². The topological polar surface area (TPSA) is 101 Å². The fraction of sp³-hybridized carbons (Fsp3) is 0. The predicted molar refractivity (Wildman–Crippen MR) is 276 cm³/mol. The quantitative estimate of drug-likeness (QED) is 0.122. The van der Waals surface area contributed by atoms with Crippen molar-refractivity contribution in [2.75, 3.05) is 26.4 Å². The molecule has 15 rings (SSSR count). The van der Waals surface area contributed by atoms with Crippen molar-refractivity contribution in [1.29, 1.82) is 0 Å². The first-order valence-electron chi connectivity index (χ1n) is 22.1. The normalized spacial score (nSPS) is 14.1. The zero-order chi connectivity index (χ0) is 44.8. The second-order valence-corrected chi connectivity index (χ2v) is 16.1. The second kappa shape index (κ2) is 18.4. The molecule has 0 saturated carbocycles. The van der Waals surface area contributed by atoms with Crippen LogP contribution in [0.5, 0.6) is 0 Å². The van der Waals surface area contributed by atoms with Gasteiger partial charge in [-0.05, 0) is 118 Å². The third kappa shape index (κ3) is 9.06. The maximum absolute atomic E-state index is 5.34. The summed E-state index contributed by atoms with van der Waals surface area (Å²) in [7, 11) is 0. The molecule has 9 heteroatoms. The largest absolute Gasteiger partial charge is 0.353 e. The summed E-state index contributed by atoms with van der Waals surface area (Å²) in [5.41, 5.74) is 18.6. The van der Waals surface area contributed by atoms with Crippen LogP contribution in [0.3, 0.4) is 0 Å². The van der Waals surface area contributed by atoms with Crippen LogP contribution in [0.4, 0.5) is 51.2 Å². The van der Waals surface area contributed by atoms with Crippen molar-refractivity contribution < 1.29 is 0 Å². The minimum absolute atomic E-state index is 0.549. The summed E-state index contributed by atoms with van der Waals surface area (Å²) < 4.78 is 0. The summed E-state index contributed by atoms with van der Waals surface area (Å²) in [6.07, 6.45) is 4.03. The monoisotopic (exact) mass is 865 g/mol. The molecule has 0 fully saturated rings. The van der Waals surface area contributed by atoms with Gasteiger partial charge >= 0.3 is 0 Å². The van der Waals surface area contributed by atoms with Gasteiger partial charge in [0.1, 0.15) is 11.4 Å². The first kappa shape index (κ1) is 40.4. The maximum atomic E-state index is 5.34. The molecule has 6 aliphatic heterocycles. The minimum Gasteiger partial charge on any atom is -0.353 e. The molecule has 0 radical (unpaired) electrons. The molecular weight excluding hydrogens is 823 g/mol. The van der Waals surface area contributed by atoms with Crippen LogP contribution in [-0.2, 0) is 0 Å². The number of hydrazine groups is 1. The lowest BCUT2D eigenvalue weighted by Crippen LogP contribution is -2.24. The van der Waals surface area contributed by atoms with Gasteiger partial charge in [-0.15, -0.1) is 20.5 Å². The smallest absolute Gasteiger partial charge is 0.153 e. The number of nitrogens with one attached hydrogen (secondary N) is 4. The van der Waals surface area contributed by atoms with E-state index in [1.807, 2.05) is 140 Å². The van der Waals surface area contributed by atoms with E-state index < -0.39 is 0 Å². The van der Waals surface area contributed by atoms with Crippen molar-refractivity contribution in [1.82, 2.24) is 0 Å². The Morgan fingerprint density at radius 3 is 1.24 bits per heavy atom. The second-order valence-electron chi connectivity index (χ2n) is 16.1. The summed E-state index contributed by atoms with van der Waals surface area (Å²) >= 11 is 0. The van der Waals surface area contributed by atoms with Crippen LogP contribution in [0.1, 0.15) is 11.1 Å². The molecule has 4 N–H and O–H groups in total. The van der Waals surface area contributed by atoms with Gasteiger partial charge in [0.25, 0.3) is 0 Å². The standard InChI is InChI=1S/C58H43N9/c1-5-13-47(14-6-1)59-54-37-40-21-25-42(26-22-40)44-29-31-46(32-30-44)56-57(61-49-17-9-3-10-18-49)52(62-63-54)39-53-58(56)65-64-55(60-48-15-7-2-8-16-48)38-41-23-27-43(28-24-41)45-33-35-51(36-34-45)67(53)66-50-19-11-4-12-20-50/h1-39,59-61,66H/b54-37+,55-38+,63-62?,65-64?. The van der Waals surface area contributed by atoms with Gasteiger partial charge < -0.3 is 16.0 Å². The summed E-state index contributed by atoms with van der Waals surface area (Å²) in [6, 6.07) is 76.4. The molecule has 0 aromatic heterocycles. The first-order valence-corrected chi connectivity index (χ1v) is 22.1. The molecule has 9 nitrogen and oxygen atoms in total. The molecule has 0 saturated heterocycles. The molecule has 320 valence electrons. The fourth-order valence-electron chi connectivity index (χ4n) is 8.20. The summed E-state index contributed by atoms with van der Waals surface area (Å²) in [4.78, 5) is 0. The van der Waals surface area contributed by atoms with Crippen molar-refractivity contribution in [2.24, 2.45) is 20.5 Å². The van der Waals surface area contributed by atoms with Gasteiger partial charge in [-0.25, -0.2) is 0 Å². The number of para-hydroxylation sites is 4. The van der Waals surface area contributed by atoms with E-state index in [9.17, 15) is 0 Å². The predicted octanol–water partition coefficient (Wildman–Crippen LogP) is 16.6. The van der Waals surface area contributed by atoms with Crippen LogP contribution in [-0.4, -0.2) is 0 Å². The van der Waals surface area contributed by atoms with Crippen molar-refractivity contribution in [3.05, 3.63) is 247 Å². The Labute approximate surface area is 389 Å². The van der Waals surface area contributed by atoms with Gasteiger partial charge in [0, 0.05) is 22.6 Å². The molecule has 10 bridgehead atoms. The molecule has 9 aromatic carbocycles. The number of hydrogen-bond donors (Lipinski definition) is 4. The molecular formula is C58H43N9. The van der Waals surface area contributed by atoms with Gasteiger partial charge in [-0.2, -0.15) is 0 Å². The van der Waals surface area contributed by atoms with E-state index in [0.29, 0.717) is 34.4 Å². The summed E-state index contributed by atoms with van der Waals surface area (Å²) in [6.45, 7) is 0. The Kier molecular flexibility index (Phi) is 11.1. The molecule has 0 aliphatic carbocycles. The molecule has 0 amide bonds. The number of nitrogens with zero attached hydrogens (tertiary/aromatic N) is 5. The van der Waals surface area contributed by atoms with Crippen LogP contribution in [0.2, 0.25) is 0 Å². The average molecular weight is 866 g/mol. The van der Waals surface area contributed by atoms with E-state index in [2.05, 4.69) is 123 Å². The van der Waals surface area contributed by atoms with Crippen LogP contribution < -0.4 is 26.4 Å². The SMILES string of the molecule is C1=C(\Nc2ccccc2)N=Nc2cc3c(c(c2Nc2ccccc2)-c2ccc(cc2)-c2ccc/1cc2)N=N/C(Nc1ccccc1)=C/c1ccc(cc1)-c1ccc(cc1)N3Nc1ccccc1. The van der Waals surface area contributed by atoms with Crippen molar-refractivity contribution in [3.63, 3.8) is 0 Å². The van der Waals surface area contributed by atoms with Crippen molar-refractivity contribution in [2.45, 2.75) is 0 Å². The third-order valence-corrected chi connectivity index (χ3v) is 11.6. The molecule has 6 aliphatic rings. The minimum atomic E-state index is 0.549. The highest BCUT2D eigenvalue weighted by atomic mass is 15.5. The molecule has 0 unspecified atom stereocenters. The zero-order valence-corrected chi connectivity index (χ0v) is 36.3. The first-order chi connectivity index (χ1) is 33.1. The van der Waals surface area contributed by atoms with Crippen LogP contribution >= 0.6 is 0 Å². The Balaban J connectivity index is 1.22. The zero-order valence-electron chi connectivity index (χ0n) is 36.3. The molecule has 0 spiro atoms. The highest BCUT2D eigenvalue weighted by Gasteiger charge is 2.26. The van der Waals surface area contributed by atoms with Gasteiger partial charge in [-0.3, -0.25) is 10.4 Å². The number of azo groups is 2. The Bertz CT molecular complexity index is 3280. The summed E-state index contributed by atoms with van der Waals surface area (Å²) in [5, 5.41) is 33.6. The lowest BCUT2D eigenvalue weighted by molar-refractivity contribution is 1.10. The number of fused-ring (bicyclic) bond motifs is 4. The number of benzene rings is 9. The highest BCUT2D eigenvalue weighted by molar-refractivity contribution is 6.02. The number of hydrogen-bond acceptors (Lipinski definition) is 9. The van der Waals surface area contributed by atoms with E-state index in [0.717, 1.165) is 72.9 Å². The Morgan fingerprint density at radius 2 is 0.746 bits per heavy atom. The van der Waals surface area contributed by atoms with E-state index in [1.54, 1.807) is 0 Å². The fourth-order valence-corrected chi connectivity index (χ4v) is 8.20. The van der Waals surface area contributed by atoms with E-state index in [1.165, 1.54) is 0 Å². The average Bonchev–Trinajstić information content (AvgIpc) is 3.39. The molecule has 0 atom stereocenters. The van der Waals surface area contributed by atoms with Gasteiger partial charge in [-0.1, -0.05) is 158 Å². The third-order valence-electron chi connectivity index (χ3n) is 11.6. The lowest BCUT2D eigenvalue weighted by atomic mass is 9.95. The number of anilines is 7. The molecule has 9 aromatic rings. The van der Waals surface area contributed by atoms with Crippen LogP contribution in [0, 0.1) is 0 Å². The van der Waals surface area contributed by atoms with Gasteiger partial charge in [0.15, 0.2) is 11.6 Å². The highest BCUT2D eigenvalue weighted by Crippen LogP contribution is 2.52. The molecule has 67 heavy (non-hydrogen) atoms. The van der Waals surface area contributed by atoms with E-state index in [4.69, 9.17) is 20.5 Å². The Hall–Kier alpha value is -9.34. The van der Waals surface area contributed by atoms with Gasteiger partial charge in [0.2, 0.25) is 0 Å². The van der Waals surface area contributed by atoms with Crippen LogP contribution in [0.25, 0.3) is 45.5 Å².